The highest BCUT2D eigenvalue weighted by Gasteiger charge is 2.30. The van der Waals surface area contributed by atoms with Crippen molar-refractivity contribution in [1.29, 1.82) is 0 Å². The van der Waals surface area contributed by atoms with Crippen molar-refractivity contribution in [2.45, 2.75) is 31.7 Å². The molecule has 1 saturated heterocycles. The maximum Gasteiger partial charge on any atom is 0.323 e. The van der Waals surface area contributed by atoms with E-state index in [1.807, 2.05) is 0 Å². The van der Waals surface area contributed by atoms with Crippen LogP contribution in [0.4, 0.5) is 0 Å². The first-order chi connectivity index (χ1) is 6.79. The number of carbonyl (C=O) groups is 1. The molecule has 0 spiro atoms. The van der Waals surface area contributed by atoms with Crippen molar-refractivity contribution in [1.82, 2.24) is 4.90 Å². The van der Waals surface area contributed by atoms with Gasteiger partial charge in [0.25, 0.3) is 0 Å². The smallest absolute Gasteiger partial charge is 0.323 e. The van der Waals surface area contributed by atoms with Gasteiger partial charge in [-0.1, -0.05) is 0 Å². The number of unbranched alkanes of at least 4 members (excludes halogenated alkanes) is 1. The predicted molar refractivity (Wildman–Crippen MR) is 54.9 cm³/mol. The average Bonchev–Trinajstić information content (AvgIpc) is 2.65. The van der Waals surface area contributed by atoms with Gasteiger partial charge >= 0.3 is 5.97 Å². The molecule has 0 radical (unpaired) electrons. The molecular weight excluding hydrogens is 180 g/mol. The normalized spacial score (nSPS) is 22.6. The second-order valence-electron chi connectivity index (χ2n) is 3.71. The molecule has 0 bridgehead atoms. The molecule has 0 saturated carbocycles. The number of hydrogen-bond donors (Lipinski definition) is 1. The van der Waals surface area contributed by atoms with Crippen LogP contribution >= 0.6 is 0 Å². The van der Waals surface area contributed by atoms with E-state index in [9.17, 15) is 4.79 Å². The Morgan fingerprint density at radius 3 is 3.00 bits per heavy atom. The summed E-state index contributed by atoms with van der Waals surface area (Å²) in [4.78, 5) is 13.6. The van der Waals surface area contributed by atoms with Crippen LogP contribution < -0.4 is 5.73 Å². The molecule has 1 aliphatic heterocycles. The molecular formula is C10H20N2O2. The zero-order valence-electron chi connectivity index (χ0n) is 8.87. The number of nitrogens with two attached hydrogens (primary N) is 1. The minimum absolute atomic E-state index is 0.00206. The summed E-state index contributed by atoms with van der Waals surface area (Å²) in [6.45, 7) is 2.72. The molecule has 2 N–H and O–H groups in total. The Kier molecular flexibility index (Phi) is 4.90. The van der Waals surface area contributed by atoms with Gasteiger partial charge < -0.3 is 10.5 Å². The number of methoxy groups -OCH3 is 1. The van der Waals surface area contributed by atoms with E-state index in [4.69, 9.17) is 10.5 Å². The van der Waals surface area contributed by atoms with Gasteiger partial charge in [0, 0.05) is 0 Å². The first kappa shape index (κ1) is 11.5. The third-order valence-electron chi connectivity index (χ3n) is 2.74. The van der Waals surface area contributed by atoms with Gasteiger partial charge in [0.05, 0.1) is 7.11 Å². The van der Waals surface area contributed by atoms with Crippen LogP contribution in [0.1, 0.15) is 25.7 Å². The minimum atomic E-state index is -0.0877. The highest BCUT2D eigenvalue weighted by atomic mass is 16.5. The summed E-state index contributed by atoms with van der Waals surface area (Å²) in [6.07, 6.45) is 4.14. The summed E-state index contributed by atoms with van der Waals surface area (Å²) in [5.41, 5.74) is 5.42. The fourth-order valence-electron chi connectivity index (χ4n) is 1.96. The average molecular weight is 200 g/mol. The summed E-state index contributed by atoms with van der Waals surface area (Å²) < 4.78 is 4.77. The lowest BCUT2D eigenvalue weighted by molar-refractivity contribution is -0.145. The van der Waals surface area contributed by atoms with Gasteiger partial charge in [-0.3, -0.25) is 9.69 Å². The monoisotopic (exact) mass is 200 g/mol. The minimum Gasteiger partial charge on any atom is -0.468 e. The molecule has 14 heavy (non-hydrogen) atoms. The van der Waals surface area contributed by atoms with Crippen LogP contribution in [0.3, 0.4) is 0 Å². The fraction of sp³-hybridized carbons (Fsp3) is 0.900. The standard InChI is InChI=1S/C10H20N2O2/c1-14-10(13)9-5-4-8-12(9)7-3-2-6-11/h9H,2-8,11H2,1H3. The molecule has 4 nitrogen and oxygen atoms in total. The van der Waals surface area contributed by atoms with Crippen molar-refractivity contribution in [3.05, 3.63) is 0 Å². The van der Waals surface area contributed by atoms with Gasteiger partial charge in [-0.05, 0) is 45.3 Å². The maximum atomic E-state index is 11.4. The SMILES string of the molecule is COC(=O)C1CCCN1CCCCN. The van der Waals surface area contributed by atoms with Crippen molar-refractivity contribution in [3.63, 3.8) is 0 Å². The number of likely N-dealkylation sites (tertiary alicyclic amines) is 1. The number of carbonyl (C=O) groups excluding carboxylic acids is 1. The Bertz CT molecular complexity index is 185. The Morgan fingerprint density at radius 2 is 2.36 bits per heavy atom. The van der Waals surface area contributed by atoms with E-state index in [2.05, 4.69) is 4.90 Å². The lowest BCUT2D eigenvalue weighted by Crippen LogP contribution is -2.37. The molecule has 0 aromatic carbocycles. The van der Waals surface area contributed by atoms with E-state index in [0.29, 0.717) is 0 Å². The molecule has 0 aromatic rings. The summed E-state index contributed by atoms with van der Waals surface area (Å²) in [6, 6.07) is -0.00206. The summed E-state index contributed by atoms with van der Waals surface area (Å²) in [7, 11) is 1.46. The molecule has 1 aliphatic rings. The quantitative estimate of drug-likeness (QED) is 0.514. The molecule has 1 unspecified atom stereocenters. The van der Waals surface area contributed by atoms with Gasteiger partial charge in [-0.15, -0.1) is 0 Å². The largest absolute Gasteiger partial charge is 0.468 e. The second-order valence-corrected chi connectivity index (χ2v) is 3.71. The Labute approximate surface area is 85.4 Å². The highest BCUT2D eigenvalue weighted by Crippen LogP contribution is 2.18. The van der Waals surface area contributed by atoms with Crippen molar-refractivity contribution in [3.8, 4) is 0 Å². The molecule has 1 heterocycles. The number of rotatable bonds is 5. The number of hydrogen-bond acceptors (Lipinski definition) is 4. The second kappa shape index (κ2) is 5.98. The molecule has 82 valence electrons. The van der Waals surface area contributed by atoms with E-state index in [0.717, 1.165) is 45.3 Å². The molecule has 1 atom stereocenters. The molecule has 4 heteroatoms. The van der Waals surface area contributed by atoms with E-state index in [1.165, 1.54) is 7.11 Å². The first-order valence-corrected chi connectivity index (χ1v) is 5.31. The van der Waals surface area contributed by atoms with Crippen molar-refractivity contribution < 1.29 is 9.53 Å². The third kappa shape index (κ3) is 2.96. The van der Waals surface area contributed by atoms with Gasteiger partial charge in [0.15, 0.2) is 0 Å². The van der Waals surface area contributed by atoms with Crippen molar-refractivity contribution >= 4 is 5.97 Å². The lowest BCUT2D eigenvalue weighted by Gasteiger charge is -2.21. The van der Waals surface area contributed by atoms with Gasteiger partial charge in [-0.2, -0.15) is 0 Å². The number of nitrogens with zero attached hydrogens (tertiary/aromatic N) is 1. The summed E-state index contributed by atoms with van der Waals surface area (Å²) >= 11 is 0. The highest BCUT2D eigenvalue weighted by molar-refractivity contribution is 5.75. The van der Waals surface area contributed by atoms with Crippen LogP contribution in [0.25, 0.3) is 0 Å². The van der Waals surface area contributed by atoms with E-state index in [-0.39, 0.29) is 12.0 Å². The van der Waals surface area contributed by atoms with Crippen LogP contribution in [-0.2, 0) is 9.53 Å². The molecule has 0 amide bonds. The molecule has 1 rings (SSSR count). The molecule has 1 fully saturated rings. The van der Waals surface area contributed by atoms with Crippen LogP contribution in [0.15, 0.2) is 0 Å². The lowest BCUT2D eigenvalue weighted by atomic mass is 10.2. The third-order valence-corrected chi connectivity index (χ3v) is 2.74. The zero-order chi connectivity index (χ0) is 10.4. The fourth-order valence-corrected chi connectivity index (χ4v) is 1.96. The molecule has 0 aliphatic carbocycles. The Balaban J connectivity index is 2.31. The van der Waals surface area contributed by atoms with Crippen molar-refractivity contribution in [2.75, 3.05) is 26.7 Å². The van der Waals surface area contributed by atoms with Crippen LogP contribution in [0, 0.1) is 0 Å². The topological polar surface area (TPSA) is 55.6 Å². The summed E-state index contributed by atoms with van der Waals surface area (Å²) in [5.74, 6) is -0.0877. The van der Waals surface area contributed by atoms with Crippen LogP contribution in [0.2, 0.25) is 0 Å². The first-order valence-electron chi connectivity index (χ1n) is 5.31. The van der Waals surface area contributed by atoms with Crippen molar-refractivity contribution in [2.24, 2.45) is 5.73 Å². The Morgan fingerprint density at radius 1 is 1.57 bits per heavy atom. The zero-order valence-corrected chi connectivity index (χ0v) is 8.87. The van der Waals surface area contributed by atoms with Crippen LogP contribution in [-0.4, -0.2) is 43.7 Å². The van der Waals surface area contributed by atoms with E-state index >= 15 is 0 Å². The Hall–Kier alpha value is -0.610. The van der Waals surface area contributed by atoms with E-state index < -0.39 is 0 Å². The predicted octanol–water partition coefficient (Wildman–Crippen LogP) is 0.363. The number of esters is 1. The van der Waals surface area contributed by atoms with Gasteiger partial charge in [-0.25, -0.2) is 0 Å². The van der Waals surface area contributed by atoms with Crippen LogP contribution in [0.5, 0.6) is 0 Å². The van der Waals surface area contributed by atoms with Gasteiger partial charge in [0.2, 0.25) is 0 Å². The molecule has 0 aromatic heterocycles. The summed E-state index contributed by atoms with van der Waals surface area (Å²) in [5, 5.41) is 0. The number of ether oxygens (including phenoxy) is 1. The van der Waals surface area contributed by atoms with E-state index in [1.54, 1.807) is 0 Å². The van der Waals surface area contributed by atoms with Gasteiger partial charge in [0.1, 0.15) is 6.04 Å². The maximum absolute atomic E-state index is 11.4.